The Bertz CT molecular complexity index is 411. The molecule has 100 valence electrons. The van der Waals surface area contributed by atoms with Crippen LogP contribution in [0, 0.1) is 0 Å². The van der Waals surface area contributed by atoms with Gasteiger partial charge in [-0.1, -0.05) is 18.2 Å². The van der Waals surface area contributed by atoms with Crippen molar-refractivity contribution in [3.63, 3.8) is 0 Å². The van der Waals surface area contributed by atoms with Gasteiger partial charge in [0.05, 0.1) is 5.60 Å². The third-order valence-corrected chi connectivity index (χ3v) is 2.39. The van der Waals surface area contributed by atoms with Crippen LogP contribution in [0.15, 0.2) is 24.3 Å². The highest BCUT2D eigenvalue weighted by atomic mass is 16.5. The van der Waals surface area contributed by atoms with E-state index in [4.69, 9.17) is 10.5 Å². The lowest BCUT2D eigenvalue weighted by atomic mass is 10.1. The van der Waals surface area contributed by atoms with Crippen LogP contribution < -0.4 is 11.1 Å². The van der Waals surface area contributed by atoms with Crippen LogP contribution in [0.3, 0.4) is 0 Å². The zero-order chi connectivity index (χ0) is 13.8. The summed E-state index contributed by atoms with van der Waals surface area (Å²) >= 11 is 0. The summed E-state index contributed by atoms with van der Waals surface area (Å²) in [7, 11) is 0. The molecule has 0 aliphatic rings. The summed E-state index contributed by atoms with van der Waals surface area (Å²) in [4.78, 5) is 12.0. The van der Waals surface area contributed by atoms with Gasteiger partial charge in [-0.2, -0.15) is 0 Å². The van der Waals surface area contributed by atoms with E-state index in [0.29, 0.717) is 6.54 Å². The topological polar surface area (TPSA) is 64.3 Å². The molecule has 4 nitrogen and oxygen atoms in total. The molecule has 1 amide bonds. The maximum Gasteiger partial charge on any atom is 0.253 e. The predicted molar refractivity (Wildman–Crippen MR) is 73.3 cm³/mol. The molecule has 18 heavy (non-hydrogen) atoms. The molecular formula is C14H22N2O2. The lowest BCUT2D eigenvalue weighted by Crippen LogP contribution is -2.35. The molecule has 1 aromatic carbocycles. The van der Waals surface area contributed by atoms with Crippen LogP contribution >= 0.6 is 0 Å². The molecule has 3 N–H and O–H groups in total. The summed E-state index contributed by atoms with van der Waals surface area (Å²) in [5, 5.41) is 2.84. The largest absolute Gasteiger partial charge is 0.363 e. The van der Waals surface area contributed by atoms with Gasteiger partial charge in [-0.05, 0) is 39.3 Å². The minimum Gasteiger partial charge on any atom is -0.363 e. The molecule has 1 aromatic rings. The van der Waals surface area contributed by atoms with Crippen LogP contribution in [-0.4, -0.2) is 17.6 Å². The fourth-order valence-electron chi connectivity index (χ4n) is 1.64. The Hall–Kier alpha value is -1.39. The molecule has 0 aliphatic heterocycles. The fraction of sp³-hybridized carbons (Fsp3) is 0.500. The Balaban J connectivity index is 2.70. The molecule has 0 bridgehead atoms. The van der Waals surface area contributed by atoms with Crippen LogP contribution in [0.4, 0.5) is 5.69 Å². The van der Waals surface area contributed by atoms with E-state index in [9.17, 15) is 4.79 Å². The van der Waals surface area contributed by atoms with Crippen molar-refractivity contribution in [3.05, 3.63) is 29.8 Å². The van der Waals surface area contributed by atoms with Gasteiger partial charge >= 0.3 is 0 Å². The van der Waals surface area contributed by atoms with Crippen molar-refractivity contribution in [2.75, 3.05) is 5.32 Å². The molecule has 1 unspecified atom stereocenters. The molecule has 0 aliphatic carbocycles. The number of benzene rings is 1. The second kappa shape index (κ2) is 5.98. The van der Waals surface area contributed by atoms with E-state index in [-0.39, 0.29) is 11.5 Å². The van der Waals surface area contributed by atoms with Crippen molar-refractivity contribution >= 4 is 11.6 Å². The van der Waals surface area contributed by atoms with Gasteiger partial charge in [0.1, 0.15) is 6.10 Å². The Labute approximate surface area is 109 Å². The molecular weight excluding hydrogens is 228 g/mol. The number of ether oxygens (including phenoxy) is 1. The number of rotatable bonds is 4. The van der Waals surface area contributed by atoms with Gasteiger partial charge in [0.15, 0.2) is 0 Å². The maximum absolute atomic E-state index is 12.0. The average molecular weight is 250 g/mol. The molecule has 1 rings (SSSR count). The highest BCUT2D eigenvalue weighted by Gasteiger charge is 2.21. The lowest BCUT2D eigenvalue weighted by Gasteiger charge is -2.24. The van der Waals surface area contributed by atoms with Gasteiger partial charge in [-0.3, -0.25) is 4.79 Å². The van der Waals surface area contributed by atoms with Gasteiger partial charge in [-0.25, -0.2) is 0 Å². The Morgan fingerprint density at radius 1 is 1.39 bits per heavy atom. The molecule has 0 spiro atoms. The van der Waals surface area contributed by atoms with Crippen LogP contribution in [0.5, 0.6) is 0 Å². The van der Waals surface area contributed by atoms with Crippen molar-refractivity contribution in [2.24, 2.45) is 5.73 Å². The zero-order valence-corrected chi connectivity index (χ0v) is 11.5. The molecule has 0 heterocycles. The van der Waals surface area contributed by atoms with E-state index in [0.717, 1.165) is 11.3 Å². The van der Waals surface area contributed by atoms with Gasteiger partial charge in [0.2, 0.25) is 0 Å². The number of hydrogen-bond donors (Lipinski definition) is 2. The summed E-state index contributed by atoms with van der Waals surface area (Å²) in [6, 6.07) is 7.49. The normalized spacial score (nSPS) is 13.2. The Morgan fingerprint density at radius 3 is 2.56 bits per heavy atom. The number of para-hydroxylation sites is 1. The first-order valence-electron chi connectivity index (χ1n) is 6.10. The summed E-state index contributed by atoms with van der Waals surface area (Å²) < 4.78 is 5.60. The second-order valence-electron chi connectivity index (χ2n) is 5.22. The Kier molecular flexibility index (Phi) is 4.87. The molecule has 0 radical (unpaired) electrons. The van der Waals surface area contributed by atoms with Crippen LogP contribution in [0.25, 0.3) is 0 Å². The summed E-state index contributed by atoms with van der Waals surface area (Å²) in [6.07, 6.45) is -0.504. The first-order valence-corrected chi connectivity index (χ1v) is 6.10. The number of nitrogens with one attached hydrogen (secondary N) is 1. The number of carbonyl (C=O) groups excluding carboxylic acids is 1. The maximum atomic E-state index is 12.0. The van der Waals surface area contributed by atoms with Gasteiger partial charge in [-0.15, -0.1) is 0 Å². The lowest BCUT2D eigenvalue weighted by molar-refractivity contribution is -0.135. The minimum absolute atomic E-state index is 0.161. The number of amides is 1. The van der Waals surface area contributed by atoms with E-state index < -0.39 is 6.10 Å². The molecule has 4 heteroatoms. The van der Waals surface area contributed by atoms with E-state index in [1.165, 1.54) is 0 Å². The molecule has 0 fully saturated rings. The first-order chi connectivity index (χ1) is 8.33. The van der Waals surface area contributed by atoms with Crippen LogP contribution in [0.2, 0.25) is 0 Å². The number of carbonyl (C=O) groups is 1. The van der Waals surface area contributed by atoms with Crippen LogP contribution in [0.1, 0.15) is 33.3 Å². The molecule has 0 aromatic heterocycles. The molecule has 0 saturated heterocycles. The van der Waals surface area contributed by atoms with Crippen molar-refractivity contribution in [1.82, 2.24) is 0 Å². The van der Waals surface area contributed by atoms with Crippen molar-refractivity contribution in [3.8, 4) is 0 Å². The predicted octanol–water partition coefficient (Wildman–Crippen LogP) is 2.29. The zero-order valence-electron chi connectivity index (χ0n) is 11.5. The van der Waals surface area contributed by atoms with Crippen LogP contribution in [-0.2, 0) is 16.1 Å². The number of hydrogen-bond acceptors (Lipinski definition) is 3. The third kappa shape index (κ3) is 4.47. The molecule has 0 saturated carbocycles. The van der Waals surface area contributed by atoms with E-state index in [1.807, 2.05) is 45.0 Å². The van der Waals surface area contributed by atoms with E-state index >= 15 is 0 Å². The average Bonchev–Trinajstić information content (AvgIpc) is 2.27. The summed E-state index contributed by atoms with van der Waals surface area (Å²) in [6.45, 7) is 7.90. The quantitative estimate of drug-likeness (QED) is 0.861. The van der Waals surface area contributed by atoms with Gasteiger partial charge in [0, 0.05) is 12.2 Å². The highest BCUT2D eigenvalue weighted by molar-refractivity contribution is 5.94. The van der Waals surface area contributed by atoms with Gasteiger partial charge < -0.3 is 15.8 Å². The van der Waals surface area contributed by atoms with Crippen molar-refractivity contribution < 1.29 is 9.53 Å². The summed E-state index contributed by atoms with van der Waals surface area (Å²) in [5.74, 6) is -0.161. The highest BCUT2D eigenvalue weighted by Crippen LogP contribution is 2.16. The van der Waals surface area contributed by atoms with Crippen molar-refractivity contribution in [2.45, 2.75) is 45.9 Å². The summed E-state index contributed by atoms with van der Waals surface area (Å²) in [5.41, 5.74) is 6.93. The molecule has 1 atom stereocenters. The standard InChI is InChI=1S/C14H22N2O2/c1-10(18-14(2,3)4)13(17)16-12-8-6-5-7-11(12)9-15/h5-8,10H,9,15H2,1-4H3,(H,16,17). The van der Waals surface area contributed by atoms with E-state index in [1.54, 1.807) is 6.92 Å². The number of nitrogens with two attached hydrogens (primary N) is 1. The Morgan fingerprint density at radius 2 is 2.00 bits per heavy atom. The van der Waals surface area contributed by atoms with Gasteiger partial charge in [0.25, 0.3) is 5.91 Å². The minimum atomic E-state index is -0.504. The van der Waals surface area contributed by atoms with Crippen molar-refractivity contribution in [1.29, 1.82) is 0 Å². The first kappa shape index (κ1) is 14.7. The monoisotopic (exact) mass is 250 g/mol. The SMILES string of the molecule is CC(OC(C)(C)C)C(=O)Nc1ccccc1CN. The van der Waals surface area contributed by atoms with E-state index in [2.05, 4.69) is 5.32 Å². The number of anilines is 1. The fourth-order valence-corrected chi connectivity index (χ4v) is 1.64. The smallest absolute Gasteiger partial charge is 0.253 e. The second-order valence-corrected chi connectivity index (χ2v) is 5.22. The third-order valence-electron chi connectivity index (χ3n) is 2.39.